The summed E-state index contributed by atoms with van der Waals surface area (Å²) in [6.07, 6.45) is 7.30. The zero-order valence-corrected chi connectivity index (χ0v) is 8.53. The van der Waals surface area contributed by atoms with Crippen molar-refractivity contribution in [1.82, 2.24) is 4.90 Å². The molecule has 0 aromatic carbocycles. The first-order valence-electron chi connectivity index (χ1n) is 4.82. The molecule has 1 fully saturated rings. The van der Waals surface area contributed by atoms with Gasteiger partial charge in [0.05, 0.1) is 0 Å². The average molecular weight is 178 g/mol. The molecule has 0 aromatic heterocycles. The monoisotopic (exact) mass is 178 g/mol. The lowest BCUT2D eigenvalue weighted by Crippen LogP contribution is -2.18. The number of aliphatic imine (C=N–C) groups is 1. The van der Waals surface area contributed by atoms with Crippen molar-refractivity contribution >= 4 is 6.72 Å². The van der Waals surface area contributed by atoms with Crippen molar-refractivity contribution in [2.75, 3.05) is 13.1 Å². The van der Waals surface area contributed by atoms with Gasteiger partial charge in [0.1, 0.15) is 5.82 Å². The first-order valence-corrected chi connectivity index (χ1v) is 4.82. The van der Waals surface area contributed by atoms with Crippen molar-refractivity contribution in [3.63, 3.8) is 0 Å². The van der Waals surface area contributed by atoms with E-state index in [-0.39, 0.29) is 0 Å². The summed E-state index contributed by atoms with van der Waals surface area (Å²) in [5.74, 6) is 1.79. The number of rotatable bonds is 3. The summed E-state index contributed by atoms with van der Waals surface area (Å²) in [6, 6.07) is 0. The van der Waals surface area contributed by atoms with Gasteiger partial charge in [-0.15, -0.1) is 0 Å². The average Bonchev–Trinajstić information content (AvgIpc) is 2.54. The molecule has 2 nitrogen and oxygen atoms in total. The number of hydrogen-bond donors (Lipinski definition) is 0. The molecule has 1 unspecified atom stereocenters. The van der Waals surface area contributed by atoms with Gasteiger partial charge < -0.3 is 4.90 Å². The summed E-state index contributed by atoms with van der Waals surface area (Å²) in [4.78, 5) is 6.32. The molecule has 1 aliphatic rings. The number of nitrogens with zero attached hydrogens (tertiary/aromatic N) is 2. The number of hydrogen-bond acceptors (Lipinski definition) is 2. The fraction of sp³-hybridized carbons (Fsp3) is 0.545. The van der Waals surface area contributed by atoms with E-state index in [0.29, 0.717) is 0 Å². The molecule has 0 spiro atoms. The molecule has 13 heavy (non-hydrogen) atoms. The van der Waals surface area contributed by atoms with Crippen molar-refractivity contribution in [1.29, 1.82) is 0 Å². The van der Waals surface area contributed by atoms with Crippen LogP contribution in [-0.2, 0) is 0 Å². The molecule has 0 bridgehead atoms. The molecule has 0 saturated carbocycles. The third-order valence-electron chi connectivity index (χ3n) is 2.35. The standard InChI is InChI=1S/C11H18N2/c1-4-5-6-11(12-3)13-8-7-10(2)9-13/h4-6,10H,3,7-9H2,1-2H3/b5-4-,11-6+. The highest BCUT2D eigenvalue weighted by atomic mass is 15.2. The van der Waals surface area contributed by atoms with Gasteiger partial charge >= 0.3 is 0 Å². The van der Waals surface area contributed by atoms with E-state index in [1.807, 2.05) is 25.2 Å². The van der Waals surface area contributed by atoms with E-state index in [9.17, 15) is 0 Å². The van der Waals surface area contributed by atoms with Crippen LogP contribution in [0, 0.1) is 5.92 Å². The largest absolute Gasteiger partial charge is 0.356 e. The summed E-state index contributed by atoms with van der Waals surface area (Å²) < 4.78 is 0. The van der Waals surface area contributed by atoms with E-state index in [4.69, 9.17) is 0 Å². The Kier molecular flexibility index (Phi) is 3.74. The van der Waals surface area contributed by atoms with Crippen molar-refractivity contribution in [2.24, 2.45) is 10.9 Å². The SMILES string of the molecule is C=N/C(=C\C=C/C)N1CCC(C)C1. The summed E-state index contributed by atoms with van der Waals surface area (Å²) in [5.41, 5.74) is 0. The first-order chi connectivity index (χ1) is 6.27. The molecule has 0 aromatic rings. The molecule has 1 atom stereocenters. The lowest BCUT2D eigenvalue weighted by Gasteiger charge is -2.17. The maximum absolute atomic E-state index is 4.03. The van der Waals surface area contributed by atoms with Crippen LogP contribution in [0.1, 0.15) is 20.3 Å². The van der Waals surface area contributed by atoms with Crippen LogP contribution in [0.15, 0.2) is 29.0 Å². The second kappa shape index (κ2) is 4.85. The summed E-state index contributed by atoms with van der Waals surface area (Å²) in [7, 11) is 0. The Labute approximate surface area is 80.7 Å². The molecule has 1 heterocycles. The molecule has 2 heteroatoms. The third kappa shape index (κ3) is 2.72. The normalized spacial score (nSPS) is 24.3. The van der Waals surface area contributed by atoms with Gasteiger partial charge in [0, 0.05) is 13.1 Å². The molecule has 0 amide bonds. The van der Waals surface area contributed by atoms with Crippen LogP contribution in [0.3, 0.4) is 0 Å². The highest BCUT2D eigenvalue weighted by Gasteiger charge is 2.19. The van der Waals surface area contributed by atoms with Crippen molar-refractivity contribution < 1.29 is 0 Å². The Morgan fingerprint density at radius 2 is 2.38 bits per heavy atom. The topological polar surface area (TPSA) is 15.6 Å². The molecule has 0 radical (unpaired) electrons. The number of likely N-dealkylation sites (tertiary alicyclic amines) is 1. The van der Waals surface area contributed by atoms with E-state index in [0.717, 1.165) is 24.8 Å². The quantitative estimate of drug-likeness (QED) is 0.479. The van der Waals surface area contributed by atoms with Crippen molar-refractivity contribution in [2.45, 2.75) is 20.3 Å². The minimum atomic E-state index is 0.788. The molecule has 0 N–H and O–H groups in total. The smallest absolute Gasteiger partial charge is 0.127 e. The Hall–Kier alpha value is -1.05. The van der Waals surface area contributed by atoms with Crippen LogP contribution in [0.4, 0.5) is 0 Å². The van der Waals surface area contributed by atoms with Gasteiger partial charge in [0.2, 0.25) is 0 Å². The van der Waals surface area contributed by atoms with E-state index >= 15 is 0 Å². The minimum Gasteiger partial charge on any atom is -0.356 e. The zero-order valence-electron chi connectivity index (χ0n) is 8.53. The highest BCUT2D eigenvalue weighted by Crippen LogP contribution is 2.20. The minimum absolute atomic E-state index is 0.788. The van der Waals surface area contributed by atoms with Gasteiger partial charge in [0.25, 0.3) is 0 Å². The Bertz CT molecular complexity index is 228. The molecular formula is C11H18N2. The molecule has 72 valence electrons. The van der Waals surface area contributed by atoms with Gasteiger partial charge in [-0.05, 0) is 32.1 Å². The predicted octanol–water partition coefficient (Wildman–Crippen LogP) is 2.45. The van der Waals surface area contributed by atoms with Gasteiger partial charge in [-0.3, -0.25) is 0 Å². The van der Waals surface area contributed by atoms with Gasteiger partial charge in [-0.25, -0.2) is 4.99 Å². The fourth-order valence-corrected chi connectivity index (χ4v) is 1.58. The zero-order chi connectivity index (χ0) is 9.68. The summed E-state index contributed by atoms with van der Waals surface area (Å²) >= 11 is 0. The lowest BCUT2D eigenvalue weighted by molar-refractivity contribution is 0.407. The fourth-order valence-electron chi connectivity index (χ4n) is 1.58. The van der Waals surface area contributed by atoms with Crippen molar-refractivity contribution in [3.05, 3.63) is 24.0 Å². The predicted molar refractivity (Wildman–Crippen MR) is 57.8 cm³/mol. The van der Waals surface area contributed by atoms with Crippen LogP contribution < -0.4 is 0 Å². The maximum Gasteiger partial charge on any atom is 0.127 e. The van der Waals surface area contributed by atoms with Crippen molar-refractivity contribution in [3.8, 4) is 0 Å². The lowest BCUT2D eigenvalue weighted by atomic mass is 10.2. The first kappa shape index (κ1) is 10.0. The second-order valence-electron chi connectivity index (χ2n) is 3.55. The molecule has 1 aliphatic heterocycles. The van der Waals surface area contributed by atoms with E-state index in [1.54, 1.807) is 0 Å². The Morgan fingerprint density at radius 3 is 2.85 bits per heavy atom. The molecule has 1 rings (SSSR count). The summed E-state index contributed by atoms with van der Waals surface area (Å²) in [5, 5.41) is 0. The molecule has 1 saturated heterocycles. The highest BCUT2D eigenvalue weighted by molar-refractivity contribution is 5.30. The number of allylic oxidation sites excluding steroid dienone is 3. The van der Waals surface area contributed by atoms with Crippen LogP contribution >= 0.6 is 0 Å². The van der Waals surface area contributed by atoms with Gasteiger partial charge in [-0.2, -0.15) is 0 Å². The second-order valence-corrected chi connectivity index (χ2v) is 3.55. The Morgan fingerprint density at radius 1 is 1.62 bits per heavy atom. The summed E-state index contributed by atoms with van der Waals surface area (Å²) in [6.45, 7) is 10.1. The van der Waals surface area contributed by atoms with E-state index in [2.05, 4.69) is 23.5 Å². The van der Waals surface area contributed by atoms with Gasteiger partial charge in [-0.1, -0.05) is 19.1 Å². The van der Waals surface area contributed by atoms with Crippen LogP contribution in [-0.4, -0.2) is 24.7 Å². The maximum atomic E-state index is 4.03. The molecular weight excluding hydrogens is 160 g/mol. The van der Waals surface area contributed by atoms with Crippen LogP contribution in [0.25, 0.3) is 0 Å². The molecule has 0 aliphatic carbocycles. The van der Waals surface area contributed by atoms with Crippen LogP contribution in [0.2, 0.25) is 0 Å². The third-order valence-corrected chi connectivity index (χ3v) is 2.35. The van der Waals surface area contributed by atoms with Crippen LogP contribution in [0.5, 0.6) is 0 Å². The van der Waals surface area contributed by atoms with Gasteiger partial charge in [0.15, 0.2) is 0 Å². The van der Waals surface area contributed by atoms with E-state index in [1.165, 1.54) is 6.42 Å². The van der Waals surface area contributed by atoms with E-state index < -0.39 is 0 Å². The Balaban J connectivity index is 2.61.